The van der Waals surface area contributed by atoms with Crippen LogP contribution in [-0.4, -0.2) is 82.9 Å². The zero-order valence-corrected chi connectivity index (χ0v) is 21.5. The Labute approximate surface area is 212 Å². The molecule has 0 spiro atoms. The van der Waals surface area contributed by atoms with Crippen molar-refractivity contribution in [1.29, 1.82) is 0 Å². The highest BCUT2D eigenvalue weighted by Crippen LogP contribution is 2.30. The minimum Gasteiger partial charge on any atom is -0.378 e. The van der Waals surface area contributed by atoms with Gasteiger partial charge in [0.1, 0.15) is 0 Å². The van der Waals surface area contributed by atoms with Gasteiger partial charge >= 0.3 is 0 Å². The molecule has 0 aliphatic carbocycles. The minimum absolute atomic E-state index is 0.180. The summed E-state index contributed by atoms with van der Waals surface area (Å²) in [5.74, 6) is 1.72. The average Bonchev–Trinajstić information content (AvgIpc) is 3.56. The van der Waals surface area contributed by atoms with Gasteiger partial charge in [-0.2, -0.15) is 0 Å². The monoisotopic (exact) mass is 499 g/mol. The number of likely N-dealkylation sites (tertiary alicyclic amines) is 1. The first-order valence-electron chi connectivity index (χ1n) is 13.0. The van der Waals surface area contributed by atoms with Gasteiger partial charge in [-0.3, -0.25) is 9.36 Å². The van der Waals surface area contributed by atoms with Crippen LogP contribution in [0.3, 0.4) is 0 Å². The number of amides is 1. The predicted octanol–water partition coefficient (Wildman–Crippen LogP) is 3.26. The van der Waals surface area contributed by atoms with E-state index in [9.17, 15) is 4.79 Å². The van der Waals surface area contributed by atoms with Crippen molar-refractivity contribution in [3.63, 3.8) is 0 Å². The molecule has 9 heteroatoms. The molecule has 1 aromatic carbocycles. The van der Waals surface area contributed by atoms with E-state index in [1.165, 1.54) is 17.3 Å². The number of hydrogen-bond acceptors (Lipinski definition) is 7. The largest absolute Gasteiger partial charge is 0.378 e. The van der Waals surface area contributed by atoms with Crippen molar-refractivity contribution < 1.29 is 14.3 Å². The van der Waals surface area contributed by atoms with Crippen LogP contribution in [0.4, 0.5) is 5.95 Å². The Morgan fingerprint density at radius 3 is 2.54 bits per heavy atom. The maximum Gasteiger partial charge on any atom is 0.235 e. The number of hydrogen-bond donors (Lipinski definition) is 0. The van der Waals surface area contributed by atoms with Gasteiger partial charge in [-0.1, -0.05) is 42.1 Å². The van der Waals surface area contributed by atoms with E-state index in [4.69, 9.17) is 9.47 Å². The Morgan fingerprint density at radius 1 is 1.06 bits per heavy atom. The molecule has 0 unspecified atom stereocenters. The Hall–Kier alpha value is -2.10. The molecule has 2 aromatic rings. The van der Waals surface area contributed by atoms with Crippen LogP contribution in [0, 0.1) is 5.92 Å². The van der Waals surface area contributed by atoms with Crippen LogP contribution < -0.4 is 4.90 Å². The van der Waals surface area contributed by atoms with Crippen molar-refractivity contribution >= 4 is 23.6 Å². The fraction of sp³-hybridized carbons (Fsp3) is 0.654. The summed E-state index contributed by atoms with van der Waals surface area (Å²) in [5, 5.41) is 9.67. The van der Waals surface area contributed by atoms with Gasteiger partial charge < -0.3 is 19.3 Å². The van der Waals surface area contributed by atoms with Gasteiger partial charge in [-0.15, -0.1) is 10.2 Å². The molecule has 1 aromatic heterocycles. The molecule has 1 amide bonds. The van der Waals surface area contributed by atoms with Crippen LogP contribution in [0.2, 0.25) is 0 Å². The molecule has 2 atom stereocenters. The molecule has 4 heterocycles. The molecule has 3 fully saturated rings. The molecule has 3 aliphatic heterocycles. The number of piperidine rings is 1. The van der Waals surface area contributed by atoms with Crippen molar-refractivity contribution in [2.24, 2.45) is 5.92 Å². The third kappa shape index (κ3) is 6.19. The van der Waals surface area contributed by atoms with Crippen LogP contribution >= 0.6 is 11.8 Å². The SMILES string of the molecule is C[C@H](Sc1nnc(N2CCOCC2)n1C[C@H]1CCCO1)C(=O)N1CCC(Cc2ccccc2)CC1. The van der Waals surface area contributed by atoms with Gasteiger partial charge in [0.2, 0.25) is 11.9 Å². The number of morpholine rings is 1. The second-order valence-corrected chi connectivity index (χ2v) is 11.2. The maximum absolute atomic E-state index is 13.3. The summed E-state index contributed by atoms with van der Waals surface area (Å²) in [7, 11) is 0. The van der Waals surface area contributed by atoms with Gasteiger partial charge in [0.25, 0.3) is 0 Å². The van der Waals surface area contributed by atoms with Crippen molar-refractivity contribution in [3.05, 3.63) is 35.9 Å². The lowest BCUT2D eigenvalue weighted by Crippen LogP contribution is -2.42. The van der Waals surface area contributed by atoms with E-state index in [1.54, 1.807) is 0 Å². The van der Waals surface area contributed by atoms with Crippen molar-refractivity contribution in [2.45, 2.75) is 62.1 Å². The van der Waals surface area contributed by atoms with Crippen LogP contribution in [0.15, 0.2) is 35.5 Å². The average molecular weight is 500 g/mol. The summed E-state index contributed by atoms with van der Waals surface area (Å²) in [6.07, 6.45) is 5.56. The molecule has 3 saturated heterocycles. The fourth-order valence-corrected chi connectivity index (χ4v) is 6.23. The van der Waals surface area contributed by atoms with Gasteiger partial charge in [0.15, 0.2) is 5.16 Å². The Balaban J connectivity index is 1.20. The van der Waals surface area contributed by atoms with E-state index in [1.807, 2.05) is 11.8 Å². The number of benzene rings is 1. The molecular formula is C26H37N5O3S. The van der Waals surface area contributed by atoms with Gasteiger partial charge in [0.05, 0.1) is 31.1 Å². The fourth-order valence-electron chi connectivity index (χ4n) is 5.29. The molecule has 0 saturated carbocycles. The first-order chi connectivity index (χ1) is 17.2. The number of aromatic nitrogens is 3. The molecule has 190 valence electrons. The number of carbonyl (C=O) groups excluding carboxylic acids is 1. The molecule has 0 radical (unpaired) electrons. The lowest BCUT2D eigenvalue weighted by Gasteiger charge is -2.33. The number of rotatable bonds is 8. The van der Waals surface area contributed by atoms with Gasteiger partial charge in [-0.25, -0.2) is 0 Å². The summed E-state index contributed by atoms with van der Waals surface area (Å²) in [6, 6.07) is 10.7. The predicted molar refractivity (Wildman–Crippen MR) is 137 cm³/mol. The Kier molecular flexibility index (Phi) is 8.26. The van der Waals surface area contributed by atoms with Crippen LogP contribution in [0.5, 0.6) is 0 Å². The number of nitrogens with zero attached hydrogens (tertiary/aromatic N) is 5. The van der Waals surface area contributed by atoms with Crippen molar-refractivity contribution in [3.8, 4) is 0 Å². The smallest absolute Gasteiger partial charge is 0.235 e. The number of ether oxygens (including phenoxy) is 2. The van der Waals surface area contributed by atoms with Gasteiger partial charge in [0, 0.05) is 32.8 Å². The lowest BCUT2D eigenvalue weighted by atomic mass is 9.90. The normalized spacial score (nSPS) is 22.5. The van der Waals surface area contributed by atoms with Gasteiger partial charge in [-0.05, 0) is 50.5 Å². The maximum atomic E-state index is 13.3. The Bertz CT molecular complexity index is 951. The van der Waals surface area contributed by atoms with E-state index < -0.39 is 0 Å². The first kappa shape index (κ1) is 24.6. The highest BCUT2D eigenvalue weighted by Gasteiger charge is 2.30. The van der Waals surface area contributed by atoms with E-state index >= 15 is 0 Å². The van der Waals surface area contributed by atoms with Crippen LogP contribution in [0.1, 0.15) is 38.2 Å². The summed E-state index contributed by atoms with van der Waals surface area (Å²) >= 11 is 1.53. The van der Waals surface area contributed by atoms with Crippen molar-refractivity contribution in [2.75, 3.05) is 50.9 Å². The highest BCUT2D eigenvalue weighted by molar-refractivity contribution is 8.00. The Morgan fingerprint density at radius 2 is 1.83 bits per heavy atom. The van der Waals surface area contributed by atoms with E-state index in [0.717, 1.165) is 82.5 Å². The summed E-state index contributed by atoms with van der Waals surface area (Å²) in [6.45, 7) is 8.23. The third-order valence-corrected chi connectivity index (χ3v) is 8.39. The number of carbonyl (C=O) groups is 1. The van der Waals surface area contributed by atoms with Crippen LogP contribution in [-0.2, 0) is 27.2 Å². The molecule has 0 bridgehead atoms. The molecule has 0 N–H and O–H groups in total. The van der Waals surface area contributed by atoms with Crippen LogP contribution in [0.25, 0.3) is 0 Å². The third-order valence-electron chi connectivity index (χ3n) is 7.32. The topological polar surface area (TPSA) is 72.7 Å². The number of anilines is 1. The second-order valence-electron chi connectivity index (χ2n) is 9.85. The zero-order valence-electron chi connectivity index (χ0n) is 20.7. The zero-order chi connectivity index (χ0) is 24.0. The summed E-state index contributed by atoms with van der Waals surface area (Å²) in [4.78, 5) is 17.6. The van der Waals surface area contributed by atoms with E-state index in [0.29, 0.717) is 19.1 Å². The highest BCUT2D eigenvalue weighted by atomic mass is 32.2. The molecule has 8 nitrogen and oxygen atoms in total. The molecule has 35 heavy (non-hydrogen) atoms. The van der Waals surface area contributed by atoms with E-state index in [-0.39, 0.29) is 17.3 Å². The van der Waals surface area contributed by atoms with Crippen molar-refractivity contribution in [1.82, 2.24) is 19.7 Å². The molecule has 3 aliphatic rings. The summed E-state index contributed by atoms with van der Waals surface area (Å²) < 4.78 is 13.6. The lowest BCUT2D eigenvalue weighted by molar-refractivity contribution is -0.131. The first-order valence-corrected chi connectivity index (χ1v) is 13.9. The minimum atomic E-state index is -0.203. The molecule has 5 rings (SSSR count). The standard InChI is InChI=1S/C26H37N5O3S/c1-20(24(32)29-11-9-22(10-12-29)18-21-6-3-2-4-7-21)35-26-28-27-25(30-13-16-33-17-14-30)31(26)19-23-8-5-15-34-23/h2-4,6-7,20,22-23H,5,8-19H2,1H3/t20-,23+/m0/s1. The number of thioether (sulfide) groups is 1. The molecular weight excluding hydrogens is 462 g/mol. The quantitative estimate of drug-likeness (QED) is 0.516. The summed E-state index contributed by atoms with van der Waals surface area (Å²) in [5.41, 5.74) is 1.39. The second kappa shape index (κ2) is 11.8. The van der Waals surface area contributed by atoms with E-state index in [2.05, 4.69) is 50.0 Å².